The minimum Gasteiger partial charge on any atom is -0.457 e. The highest BCUT2D eigenvalue weighted by Gasteiger charge is 2.32. The van der Waals surface area contributed by atoms with Crippen LogP contribution in [-0.4, -0.2) is 67.1 Å². The molecule has 0 saturated carbocycles. The molecule has 3 saturated heterocycles. The Labute approximate surface area is 253 Å². The minimum absolute atomic E-state index is 0.0314. The maximum absolute atomic E-state index is 13.2. The molecule has 234 valence electrons. The first-order chi connectivity index (χ1) is 20.4. The highest BCUT2D eigenvalue weighted by Crippen LogP contribution is 2.33. The van der Waals surface area contributed by atoms with Crippen molar-refractivity contribution in [3.05, 3.63) is 48.1 Å². The molecule has 7 nitrogen and oxygen atoms in total. The zero-order valence-electron chi connectivity index (χ0n) is 26.2. The van der Waals surface area contributed by atoms with Crippen LogP contribution in [0.5, 0.6) is 0 Å². The number of esters is 1. The lowest BCUT2D eigenvalue weighted by Gasteiger charge is -2.37. The summed E-state index contributed by atoms with van der Waals surface area (Å²) in [5.74, 6) is 0.197. The van der Waals surface area contributed by atoms with Gasteiger partial charge in [-0.2, -0.15) is 0 Å². The van der Waals surface area contributed by atoms with E-state index in [2.05, 4.69) is 44.3 Å². The molecule has 7 heteroatoms. The number of nitrogens with zero attached hydrogens (tertiary/aromatic N) is 1. The fourth-order valence-electron chi connectivity index (χ4n) is 6.65. The van der Waals surface area contributed by atoms with Crippen LogP contribution in [0.3, 0.4) is 0 Å². The van der Waals surface area contributed by atoms with E-state index in [9.17, 15) is 9.59 Å². The number of rotatable bonds is 5. The maximum Gasteiger partial charge on any atom is 0.317 e. The Morgan fingerprint density at radius 2 is 1.67 bits per heavy atom. The second-order valence-electron chi connectivity index (χ2n) is 12.8. The molecule has 2 amide bonds. The number of hydrogen-bond donors (Lipinski definition) is 1. The van der Waals surface area contributed by atoms with Gasteiger partial charge in [0.05, 0.1) is 30.8 Å². The van der Waals surface area contributed by atoms with Crippen LogP contribution in [0.15, 0.2) is 48.1 Å². The lowest BCUT2D eigenvalue weighted by atomic mass is 9.90. The van der Waals surface area contributed by atoms with Gasteiger partial charge in [-0.3, -0.25) is 4.79 Å². The zero-order valence-corrected chi connectivity index (χ0v) is 26.2. The average molecular weight is 583 g/mol. The van der Waals surface area contributed by atoms with Crippen molar-refractivity contribution in [3.8, 4) is 0 Å². The molecule has 0 aromatic heterocycles. The number of likely N-dealkylation sites (tertiary alicyclic amines) is 1. The molecule has 0 aromatic carbocycles. The summed E-state index contributed by atoms with van der Waals surface area (Å²) in [5, 5.41) is 3.01. The van der Waals surface area contributed by atoms with Crippen LogP contribution >= 0.6 is 0 Å². The van der Waals surface area contributed by atoms with Crippen LogP contribution in [-0.2, 0) is 19.0 Å². The average Bonchev–Trinajstić information content (AvgIpc) is 2.98. The Balaban J connectivity index is 1.37. The topological polar surface area (TPSA) is 77.1 Å². The lowest BCUT2D eigenvalue weighted by Crippen LogP contribution is -2.42. The van der Waals surface area contributed by atoms with Gasteiger partial charge >= 0.3 is 12.0 Å². The molecule has 0 spiro atoms. The third kappa shape index (κ3) is 10.7. The van der Waals surface area contributed by atoms with Crippen LogP contribution in [0.2, 0.25) is 0 Å². The van der Waals surface area contributed by atoms with Gasteiger partial charge in [0.25, 0.3) is 0 Å². The Morgan fingerprint density at radius 3 is 2.45 bits per heavy atom. The van der Waals surface area contributed by atoms with Crippen molar-refractivity contribution >= 4 is 12.0 Å². The quantitative estimate of drug-likeness (QED) is 0.163. The Bertz CT molecular complexity index is 982. The summed E-state index contributed by atoms with van der Waals surface area (Å²) in [7, 11) is 0. The molecule has 7 unspecified atom stereocenters. The van der Waals surface area contributed by atoms with Crippen LogP contribution < -0.4 is 5.32 Å². The SMILES string of the molecule is CC=C1CC2CC(=O)OC(C=CC=CCCNC(=O)N3CCCCC3)C(C)C=CC(C)CC3CCCC(CC(C1)O2)O3. The number of ether oxygens (including phenoxy) is 3. The number of nitrogens with one attached hydrogen (secondary N) is 1. The first kappa shape index (κ1) is 32.5. The van der Waals surface area contributed by atoms with Crippen molar-refractivity contribution in [2.24, 2.45) is 11.8 Å². The number of cyclic esters (lactones) is 1. The van der Waals surface area contributed by atoms with Crippen molar-refractivity contribution < 1.29 is 23.8 Å². The van der Waals surface area contributed by atoms with Gasteiger partial charge in [0.2, 0.25) is 0 Å². The van der Waals surface area contributed by atoms with E-state index >= 15 is 0 Å². The van der Waals surface area contributed by atoms with Gasteiger partial charge in [-0.25, -0.2) is 4.79 Å². The van der Waals surface area contributed by atoms with E-state index in [1.54, 1.807) is 0 Å². The summed E-state index contributed by atoms with van der Waals surface area (Å²) in [6.45, 7) is 8.75. The summed E-state index contributed by atoms with van der Waals surface area (Å²) in [5.41, 5.74) is 1.36. The molecule has 7 atom stereocenters. The standard InChI is InChI=1S/C35H54N2O5/c1-4-28-22-31-24-30-14-12-13-29(40-30)21-26(2)16-17-27(3)33(42-34(38)25-32(23-28)41-31)15-8-5-6-9-18-36-35(39)37-19-10-7-11-20-37/h4-6,8,15-17,26-27,29-33H,7,9-14,18-25H2,1-3H3,(H,36,39). The highest BCUT2D eigenvalue weighted by molar-refractivity contribution is 5.74. The second kappa shape index (κ2) is 17.0. The fraction of sp³-hybridized carbons (Fsp3) is 0.714. The van der Waals surface area contributed by atoms with Crippen molar-refractivity contribution in [2.45, 2.75) is 128 Å². The Kier molecular flexibility index (Phi) is 13.2. The normalized spacial score (nSPS) is 34.5. The summed E-state index contributed by atoms with van der Waals surface area (Å²) >= 11 is 0. The van der Waals surface area contributed by atoms with E-state index in [0.717, 1.165) is 70.9 Å². The molecule has 3 fully saturated rings. The monoisotopic (exact) mass is 582 g/mol. The van der Waals surface area contributed by atoms with Gasteiger partial charge < -0.3 is 24.4 Å². The van der Waals surface area contributed by atoms with E-state index in [0.29, 0.717) is 12.5 Å². The van der Waals surface area contributed by atoms with E-state index in [1.165, 1.54) is 18.4 Å². The molecule has 42 heavy (non-hydrogen) atoms. The minimum atomic E-state index is -0.367. The smallest absolute Gasteiger partial charge is 0.317 e. The molecule has 4 aliphatic rings. The van der Waals surface area contributed by atoms with Gasteiger partial charge in [-0.1, -0.05) is 55.9 Å². The predicted octanol–water partition coefficient (Wildman–Crippen LogP) is 7.04. The number of carbonyl (C=O) groups excluding carboxylic acids is 2. The molecular formula is C35H54N2O5. The molecule has 0 aliphatic carbocycles. The number of urea groups is 1. The first-order valence-electron chi connectivity index (χ1n) is 16.6. The summed E-state index contributed by atoms with van der Waals surface area (Å²) in [6.07, 6.45) is 26.1. The number of carbonyl (C=O) groups is 2. The van der Waals surface area contributed by atoms with Gasteiger partial charge in [-0.05, 0) is 83.1 Å². The Morgan fingerprint density at radius 1 is 0.929 bits per heavy atom. The third-order valence-electron chi connectivity index (χ3n) is 9.07. The fourth-order valence-corrected chi connectivity index (χ4v) is 6.65. The van der Waals surface area contributed by atoms with E-state index in [-0.39, 0.29) is 54.9 Å². The number of allylic oxidation sites excluding steroid dienone is 4. The molecular weight excluding hydrogens is 528 g/mol. The van der Waals surface area contributed by atoms with Crippen molar-refractivity contribution in [1.29, 1.82) is 0 Å². The number of amides is 2. The van der Waals surface area contributed by atoms with E-state index in [1.807, 2.05) is 29.2 Å². The van der Waals surface area contributed by atoms with Gasteiger partial charge in [0, 0.05) is 32.0 Å². The van der Waals surface area contributed by atoms with Crippen LogP contribution in [0, 0.1) is 11.8 Å². The van der Waals surface area contributed by atoms with Gasteiger partial charge in [-0.15, -0.1) is 0 Å². The number of fused-ring (bicyclic) bond motifs is 4. The summed E-state index contributed by atoms with van der Waals surface area (Å²) in [4.78, 5) is 27.3. The number of hydrogen-bond acceptors (Lipinski definition) is 5. The number of piperidine rings is 1. The van der Waals surface area contributed by atoms with Crippen LogP contribution in [0.1, 0.15) is 97.8 Å². The molecule has 4 aliphatic heterocycles. The molecule has 0 radical (unpaired) electrons. The highest BCUT2D eigenvalue weighted by atomic mass is 16.5. The van der Waals surface area contributed by atoms with Gasteiger partial charge in [0.1, 0.15) is 6.10 Å². The molecule has 1 N–H and O–H groups in total. The third-order valence-corrected chi connectivity index (χ3v) is 9.07. The second-order valence-corrected chi connectivity index (χ2v) is 12.8. The molecule has 4 bridgehead atoms. The van der Waals surface area contributed by atoms with Crippen LogP contribution in [0.25, 0.3) is 0 Å². The summed E-state index contributed by atoms with van der Waals surface area (Å²) in [6, 6.07) is 0.0381. The van der Waals surface area contributed by atoms with Crippen molar-refractivity contribution in [1.82, 2.24) is 10.2 Å². The van der Waals surface area contributed by atoms with Gasteiger partial charge in [0.15, 0.2) is 0 Å². The Hall–Kier alpha value is -2.38. The van der Waals surface area contributed by atoms with E-state index in [4.69, 9.17) is 14.2 Å². The zero-order chi connectivity index (χ0) is 29.7. The van der Waals surface area contributed by atoms with Crippen molar-refractivity contribution in [3.63, 3.8) is 0 Å². The van der Waals surface area contributed by atoms with Crippen molar-refractivity contribution in [2.75, 3.05) is 19.6 Å². The molecule has 4 heterocycles. The maximum atomic E-state index is 13.2. The van der Waals surface area contributed by atoms with E-state index < -0.39 is 0 Å². The molecule has 0 aromatic rings. The predicted molar refractivity (Wildman–Crippen MR) is 167 cm³/mol. The first-order valence-corrected chi connectivity index (χ1v) is 16.6. The summed E-state index contributed by atoms with van der Waals surface area (Å²) < 4.78 is 19.1. The molecule has 4 rings (SSSR count). The largest absolute Gasteiger partial charge is 0.457 e. The van der Waals surface area contributed by atoms with Crippen LogP contribution in [0.4, 0.5) is 4.79 Å². The lowest BCUT2D eigenvalue weighted by molar-refractivity contribution is -0.154.